The zero-order valence-corrected chi connectivity index (χ0v) is 15.2. The number of para-hydroxylation sites is 1. The molecule has 2 amide bonds. The van der Waals surface area contributed by atoms with Crippen molar-refractivity contribution in [2.75, 3.05) is 18.6 Å². The van der Waals surface area contributed by atoms with Crippen molar-refractivity contribution in [2.24, 2.45) is 0 Å². The van der Waals surface area contributed by atoms with E-state index in [-0.39, 0.29) is 17.9 Å². The summed E-state index contributed by atoms with van der Waals surface area (Å²) in [6.45, 7) is 0.316. The Morgan fingerprint density at radius 2 is 1.96 bits per heavy atom. The van der Waals surface area contributed by atoms with Crippen molar-refractivity contribution in [3.05, 3.63) is 70.6 Å². The van der Waals surface area contributed by atoms with Gasteiger partial charge >= 0.3 is 5.63 Å². The van der Waals surface area contributed by atoms with Gasteiger partial charge in [0.25, 0.3) is 5.91 Å². The zero-order chi connectivity index (χ0) is 19.7. The Balaban J connectivity index is 1.52. The molecule has 1 aliphatic heterocycles. The number of carbonyl (C=O) groups is 2. The van der Waals surface area contributed by atoms with Crippen LogP contribution in [0.1, 0.15) is 16.8 Å². The highest BCUT2D eigenvalue weighted by molar-refractivity contribution is 6.00. The second-order valence-corrected chi connectivity index (χ2v) is 6.57. The molecular weight excluding hydrogens is 360 g/mol. The van der Waals surface area contributed by atoms with E-state index in [1.807, 2.05) is 6.07 Å². The van der Waals surface area contributed by atoms with Crippen LogP contribution in [0, 0.1) is 0 Å². The number of amides is 2. The van der Waals surface area contributed by atoms with Gasteiger partial charge in [-0.2, -0.15) is 0 Å². The van der Waals surface area contributed by atoms with Gasteiger partial charge in [0.2, 0.25) is 5.91 Å². The Kier molecular flexibility index (Phi) is 4.57. The fraction of sp³-hybridized carbons (Fsp3) is 0.190. The summed E-state index contributed by atoms with van der Waals surface area (Å²) in [6, 6.07) is 15.2. The largest absolute Gasteiger partial charge is 0.497 e. The fourth-order valence-electron chi connectivity index (χ4n) is 3.32. The van der Waals surface area contributed by atoms with E-state index in [4.69, 9.17) is 9.15 Å². The molecule has 28 heavy (non-hydrogen) atoms. The predicted molar refractivity (Wildman–Crippen MR) is 104 cm³/mol. The molecule has 0 aliphatic carbocycles. The van der Waals surface area contributed by atoms with Gasteiger partial charge in [-0.15, -0.1) is 0 Å². The summed E-state index contributed by atoms with van der Waals surface area (Å²) in [4.78, 5) is 38.7. The van der Waals surface area contributed by atoms with E-state index in [1.54, 1.807) is 54.5 Å². The Hall–Kier alpha value is -3.61. The van der Waals surface area contributed by atoms with Crippen molar-refractivity contribution in [1.82, 2.24) is 5.32 Å². The first-order chi connectivity index (χ1) is 13.5. The number of fused-ring (bicyclic) bond motifs is 1. The van der Waals surface area contributed by atoms with Gasteiger partial charge in [0.15, 0.2) is 0 Å². The number of methoxy groups -OCH3 is 1. The Morgan fingerprint density at radius 3 is 2.79 bits per heavy atom. The molecule has 1 aliphatic rings. The highest BCUT2D eigenvalue weighted by Crippen LogP contribution is 2.25. The molecule has 1 N–H and O–H groups in total. The number of nitrogens with one attached hydrogen (secondary N) is 1. The first-order valence-corrected chi connectivity index (χ1v) is 8.83. The van der Waals surface area contributed by atoms with Gasteiger partial charge in [-0.25, -0.2) is 4.79 Å². The van der Waals surface area contributed by atoms with Gasteiger partial charge in [0, 0.05) is 30.1 Å². The lowest BCUT2D eigenvalue weighted by molar-refractivity contribution is -0.117. The predicted octanol–water partition coefficient (Wildman–Crippen LogP) is 2.34. The number of hydrogen-bond donors (Lipinski definition) is 1. The molecule has 7 heteroatoms. The van der Waals surface area contributed by atoms with Gasteiger partial charge < -0.3 is 19.4 Å². The lowest BCUT2D eigenvalue weighted by atomic mass is 10.1. The van der Waals surface area contributed by atoms with Crippen LogP contribution in [0.15, 0.2) is 63.8 Å². The van der Waals surface area contributed by atoms with E-state index in [9.17, 15) is 14.4 Å². The third kappa shape index (κ3) is 3.34. The molecule has 142 valence electrons. The highest BCUT2D eigenvalue weighted by atomic mass is 16.5. The number of benzene rings is 2. The molecular formula is C21H18N2O5. The van der Waals surface area contributed by atoms with Gasteiger partial charge in [0.1, 0.15) is 16.9 Å². The number of anilines is 1. The third-order valence-corrected chi connectivity index (χ3v) is 4.71. The minimum Gasteiger partial charge on any atom is -0.497 e. The molecule has 2 heterocycles. The maximum Gasteiger partial charge on any atom is 0.349 e. The van der Waals surface area contributed by atoms with Crippen LogP contribution in [0.5, 0.6) is 5.75 Å². The van der Waals surface area contributed by atoms with Crippen molar-refractivity contribution in [1.29, 1.82) is 0 Å². The number of hydrogen-bond acceptors (Lipinski definition) is 5. The van der Waals surface area contributed by atoms with Crippen LogP contribution < -0.4 is 20.6 Å². The van der Waals surface area contributed by atoms with E-state index in [2.05, 4.69) is 5.32 Å². The summed E-state index contributed by atoms with van der Waals surface area (Å²) < 4.78 is 10.4. The Morgan fingerprint density at radius 1 is 1.14 bits per heavy atom. The Bertz CT molecular complexity index is 1120. The van der Waals surface area contributed by atoms with Crippen LogP contribution in [0.25, 0.3) is 11.0 Å². The average molecular weight is 378 g/mol. The second-order valence-electron chi connectivity index (χ2n) is 6.57. The fourth-order valence-corrected chi connectivity index (χ4v) is 3.32. The number of rotatable bonds is 4. The zero-order valence-electron chi connectivity index (χ0n) is 15.2. The molecule has 0 spiro atoms. The molecule has 1 fully saturated rings. The third-order valence-electron chi connectivity index (χ3n) is 4.71. The molecule has 1 aromatic heterocycles. The highest BCUT2D eigenvalue weighted by Gasteiger charge is 2.32. The monoisotopic (exact) mass is 378 g/mol. The van der Waals surface area contributed by atoms with Gasteiger partial charge in [-0.1, -0.05) is 24.3 Å². The molecule has 0 radical (unpaired) electrons. The summed E-state index contributed by atoms with van der Waals surface area (Å²) in [5.41, 5.74) is 0.340. The molecule has 0 saturated carbocycles. The normalized spacial score (nSPS) is 16.4. The summed E-state index contributed by atoms with van der Waals surface area (Å²) in [5.74, 6) is -0.0135. The van der Waals surface area contributed by atoms with Gasteiger partial charge in [0.05, 0.1) is 13.2 Å². The number of nitrogens with zero attached hydrogens (tertiary/aromatic N) is 1. The molecule has 1 atom stereocenters. The van der Waals surface area contributed by atoms with Crippen LogP contribution in [-0.2, 0) is 4.79 Å². The standard InChI is InChI=1S/C21H18N2O5/c1-27-16-7-4-6-15(11-16)23-12-14(10-19(23)24)22-20(25)17-9-13-5-2-3-8-18(13)28-21(17)26/h2-9,11,14H,10,12H2,1H3,(H,22,25)/t14-/m1/s1. The first-order valence-electron chi connectivity index (χ1n) is 8.83. The number of ether oxygens (including phenoxy) is 1. The minimum atomic E-state index is -0.704. The lowest BCUT2D eigenvalue weighted by Gasteiger charge is -2.18. The van der Waals surface area contributed by atoms with Gasteiger partial charge in [-0.3, -0.25) is 9.59 Å². The van der Waals surface area contributed by atoms with Crippen LogP contribution in [-0.4, -0.2) is 31.5 Å². The topological polar surface area (TPSA) is 88.8 Å². The van der Waals surface area contributed by atoms with Crippen molar-refractivity contribution in [3.63, 3.8) is 0 Å². The van der Waals surface area contributed by atoms with E-state index >= 15 is 0 Å². The molecule has 7 nitrogen and oxygen atoms in total. The van der Waals surface area contributed by atoms with Crippen LogP contribution in [0.3, 0.4) is 0 Å². The van der Waals surface area contributed by atoms with Crippen LogP contribution >= 0.6 is 0 Å². The summed E-state index contributed by atoms with van der Waals surface area (Å²) in [5, 5.41) is 3.43. The van der Waals surface area contributed by atoms with E-state index in [1.165, 1.54) is 6.07 Å². The van der Waals surface area contributed by atoms with E-state index in [0.717, 1.165) is 0 Å². The van der Waals surface area contributed by atoms with Crippen LogP contribution in [0.4, 0.5) is 5.69 Å². The maximum absolute atomic E-state index is 12.6. The van der Waals surface area contributed by atoms with Crippen molar-refractivity contribution < 1.29 is 18.7 Å². The van der Waals surface area contributed by atoms with Crippen LogP contribution in [0.2, 0.25) is 0 Å². The molecule has 2 aromatic carbocycles. The van der Waals surface area contributed by atoms with E-state index < -0.39 is 17.6 Å². The summed E-state index contributed by atoms with van der Waals surface area (Å²) in [7, 11) is 1.56. The number of carbonyl (C=O) groups excluding carboxylic acids is 2. The molecule has 4 rings (SSSR count). The smallest absolute Gasteiger partial charge is 0.349 e. The molecule has 3 aromatic rings. The average Bonchev–Trinajstić information content (AvgIpc) is 3.07. The molecule has 0 unspecified atom stereocenters. The SMILES string of the molecule is COc1cccc(N2C[C@H](NC(=O)c3cc4ccccc4oc3=O)CC2=O)c1. The lowest BCUT2D eigenvalue weighted by Crippen LogP contribution is -2.39. The summed E-state index contributed by atoms with van der Waals surface area (Å²) >= 11 is 0. The van der Waals surface area contributed by atoms with E-state index in [0.29, 0.717) is 29.0 Å². The van der Waals surface area contributed by atoms with Crippen molar-refractivity contribution in [3.8, 4) is 5.75 Å². The first kappa shape index (κ1) is 17.8. The summed E-state index contributed by atoms with van der Waals surface area (Å²) in [6.07, 6.45) is 0.155. The quantitative estimate of drug-likeness (QED) is 0.704. The second kappa shape index (κ2) is 7.19. The maximum atomic E-state index is 12.6. The molecule has 0 bridgehead atoms. The molecule has 1 saturated heterocycles. The van der Waals surface area contributed by atoms with Gasteiger partial charge in [-0.05, 0) is 24.3 Å². The van der Waals surface area contributed by atoms with Crippen molar-refractivity contribution in [2.45, 2.75) is 12.5 Å². The van der Waals surface area contributed by atoms with Crippen molar-refractivity contribution >= 4 is 28.5 Å². The minimum absolute atomic E-state index is 0.0778. The Labute approximate surface area is 160 Å².